The molecule has 3 aliphatic rings. The molecule has 4 rings (SSSR count). The summed E-state index contributed by atoms with van der Waals surface area (Å²) in [5.41, 5.74) is 7.68. The third-order valence-corrected chi connectivity index (χ3v) is 5.87. The predicted molar refractivity (Wildman–Crippen MR) is 104 cm³/mol. The molecule has 2 N–H and O–H groups in total. The van der Waals surface area contributed by atoms with Crippen molar-refractivity contribution in [3.63, 3.8) is 0 Å². The van der Waals surface area contributed by atoms with E-state index in [4.69, 9.17) is 5.73 Å². The Labute approximate surface area is 164 Å². The number of anilines is 1. The fourth-order valence-corrected chi connectivity index (χ4v) is 4.88. The van der Waals surface area contributed by atoms with Gasteiger partial charge in [-0.05, 0) is 25.8 Å². The number of fused-ring (bicyclic) bond motifs is 3. The van der Waals surface area contributed by atoms with Crippen LogP contribution in [0.2, 0.25) is 0 Å². The maximum absolute atomic E-state index is 13.8. The van der Waals surface area contributed by atoms with Gasteiger partial charge < -0.3 is 10.6 Å². The van der Waals surface area contributed by atoms with Crippen molar-refractivity contribution in [2.24, 2.45) is 5.73 Å². The SMILES string of the molecule is CCN1C(=O)[C@]2(C(C#N)=C(N)N(N(C)C)C3=C2C(=O)CCC3)c2ccccc21. The zero-order chi connectivity index (χ0) is 20.2. The van der Waals surface area contributed by atoms with E-state index in [1.807, 2.05) is 45.3 Å². The van der Waals surface area contributed by atoms with Crippen molar-refractivity contribution in [3.05, 3.63) is 52.5 Å². The normalized spacial score (nSPS) is 24.2. The first-order valence-electron chi connectivity index (χ1n) is 9.47. The minimum absolute atomic E-state index is 0.0885. The van der Waals surface area contributed by atoms with Crippen molar-refractivity contribution in [1.29, 1.82) is 5.26 Å². The summed E-state index contributed by atoms with van der Waals surface area (Å²) in [7, 11) is 3.62. The lowest BCUT2D eigenvalue weighted by atomic mass is 9.64. The average Bonchev–Trinajstić information content (AvgIpc) is 2.91. The van der Waals surface area contributed by atoms with Gasteiger partial charge in [0, 0.05) is 49.6 Å². The standard InChI is InChI=1S/C21H23N5O2/c1-4-25-15-9-6-5-8-13(15)21(20(25)28)14(12-22)19(23)26(24(2)3)16-10-7-11-17(27)18(16)21/h5-6,8-9H,4,7,10-11,23H2,1-3H3/t21-/m0/s1. The maximum Gasteiger partial charge on any atom is 0.247 e. The summed E-state index contributed by atoms with van der Waals surface area (Å²) < 4.78 is 0. The molecule has 1 atom stereocenters. The highest BCUT2D eigenvalue weighted by Gasteiger charge is 2.62. The molecular weight excluding hydrogens is 354 g/mol. The molecule has 1 aromatic rings. The van der Waals surface area contributed by atoms with Gasteiger partial charge in [0.2, 0.25) is 5.91 Å². The van der Waals surface area contributed by atoms with Crippen LogP contribution in [0.5, 0.6) is 0 Å². The van der Waals surface area contributed by atoms with Crippen LogP contribution < -0.4 is 10.6 Å². The van der Waals surface area contributed by atoms with Crippen LogP contribution in [0.15, 0.2) is 46.9 Å². The van der Waals surface area contributed by atoms with Crippen molar-refractivity contribution in [2.75, 3.05) is 25.5 Å². The van der Waals surface area contributed by atoms with E-state index in [-0.39, 0.29) is 23.1 Å². The number of hydrogen-bond acceptors (Lipinski definition) is 6. The number of likely N-dealkylation sites (N-methyl/N-ethyl adjacent to an activating group) is 1. The quantitative estimate of drug-likeness (QED) is 0.844. The number of amides is 1. The Balaban J connectivity index is 2.16. The Hall–Kier alpha value is -3.11. The van der Waals surface area contributed by atoms with Gasteiger partial charge in [-0.3, -0.25) is 14.6 Å². The van der Waals surface area contributed by atoms with Crippen LogP contribution in [-0.2, 0) is 15.0 Å². The van der Waals surface area contributed by atoms with Crippen LogP contribution in [0.1, 0.15) is 31.7 Å². The van der Waals surface area contributed by atoms with E-state index in [2.05, 4.69) is 6.07 Å². The molecule has 7 heteroatoms. The number of benzene rings is 1. The number of carbonyl (C=O) groups is 2. The van der Waals surface area contributed by atoms with E-state index in [1.54, 1.807) is 14.9 Å². The van der Waals surface area contributed by atoms with E-state index in [1.165, 1.54) is 0 Å². The summed E-state index contributed by atoms with van der Waals surface area (Å²) in [6, 6.07) is 9.59. The number of ketones is 1. The number of hydrogen-bond donors (Lipinski definition) is 1. The van der Waals surface area contributed by atoms with Gasteiger partial charge >= 0.3 is 0 Å². The third-order valence-electron chi connectivity index (χ3n) is 5.87. The first kappa shape index (κ1) is 18.3. The Bertz CT molecular complexity index is 1000. The van der Waals surface area contributed by atoms with Crippen molar-refractivity contribution in [1.82, 2.24) is 10.0 Å². The number of nitrogens with two attached hydrogens (primary N) is 1. The Morgan fingerprint density at radius 2 is 1.96 bits per heavy atom. The monoisotopic (exact) mass is 377 g/mol. The van der Waals surface area contributed by atoms with E-state index in [0.29, 0.717) is 36.9 Å². The maximum atomic E-state index is 13.8. The average molecular weight is 377 g/mol. The number of nitrogens with zero attached hydrogens (tertiary/aromatic N) is 4. The van der Waals surface area contributed by atoms with Crippen molar-refractivity contribution < 1.29 is 9.59 Å². The molecule has 0 saturated carbocycles. The lowest BCUT2D eigenvalue weighted by molar-refractivity contribution is -0.124. The summed E-state index contributed by atoms with van der Waals surface area (Å²) in [5.74, 6) is -0.145. The second-order valence-corrected chi connectivity index (χ2v) is 7.45. The van der Waals surface area contributed by atoms with E-state index in [0.717, 1.165) is 11.4 Å². The van der Waals surface area contributed by atoms with Crippen molar-refractivity contribution in [2.45, 2.75) is 31.6 Å². The van der Waals surface area contributed by atoms with E-state index >= 15 is 0 Å². The van der Waals surface area contributed by atoms with Gasteiger partial charge in [0.15, 0.2) is 5.78 Å². The summed E-state index contributed by atoms with van der Waals surface area (Å²) in [6.07, 6.45) is 1.69. The minimum Gasteiger partial charge on any atom is -0.383 e. The Morgan fingerprint density at radius 1 is 1.25 bits per heavy atom. The highest BCUT2D eigenvalue weighted by atomic mass is 16.2. The van der Waals surface area contributed by atoms with Gasteiger partial charge in [0.05, 0.1) is 5.57 Å². The summed E-state index contributed by atoms with van der Waals surface area (Å²) in [6.45, 7) is 2.34. The molecule has 0 radical (unpaired) electrons. The Morgan fingerprint density at radius 3 is 2.61 bits per heavy atom. The summed E-state index contributed by atoms with van der Waals surface area (Å²) in [4.78, 5) is 28.7. The lowest BCUT2D eigenvalue weighted by Crippen LogP contribution is -2.54. The zero-order valence-electron chi connectivity index (χ0n) is 16.3. The molecule has 1 amide bonds. The van der Waals surface area contributed by atoms with Gasteiger partial charge in [-0.2, -0.15) is 5.26 Å². The molecule has 144 valence electrons. The number of rotatable bonds is 2. The number of para-hydroxylation sites is 1. The molecule has 2 aliphatic heterocycles. The van der Waals surface area contributed by atoms with Gasteiger partial charge in [-0.1, -0.05) is 18.2 Å². The van der Waals surface area contributed by atoms with Gasteiger partial charge in [-0.25, -0.2) is 5.01 Å². The fourth-order valence-electron chi connectivity index (χ4n) is 4.88. The molecule has 1 spiro atoms. The molecule has 0 saturated heterocycles. The largest absolute Gasteiger partial charge is 0.383 e. The minimum atomic E-state index is -1.45. The summed E-state index contributed by atoms with van der Waals surface area (Å²) in [5, 5.41) is 13.6. The number of Topliss-reactive ketones (excluding diaryl/α,β-unsaturated/α-hetero) is 1. The molecule has 7 nitrogen and oxygen atoms in total. The third kappa shape index (κ3) is 2.01. The fraction of sp³-hybridized carbons (Fsp3) is 0.381. The second kappa shape index (κ2) is 6.21. The highest BCUT2D eigenvalue weighted by molar-refractivity contribution is 6.20. The topological polar surface area (TPSA) is 93.7 Å². The molecular formula is C21H23N5O2. The Kier molecular flexibility index (Phi) is 4.05. The smallest absolute Gasteiger partial charge is 0.247 e. The van der Waals surface area contributed by atoms with Crippen LogP contribution >= 0.6 is 0 Å². The van der Waals surface area contributed by atoms with Gasteiger partial charge in [0.25, 0.3) is 0 Å². The van der Waals surface area contributed by atoms with E-state index < -0.39 is 5.41 Å². The highest BCUT2D eigenvalue weighted by Crippen LogP contribution is 2.56. The number of hydrazine groups is 1. The van der Waals surface area contributed by atoms with Gasteiger partial charge in [0.1, 0.15) is 17.3 Å². The molecule has 1 aromatic carbocycles. The van der Waals surface area contributed by atoms with Crippen LogP contribution in [-0.4, -0.2) is 42.3 Å². The molecule has 0 aromatic heterocycles. The second-order valence-electron chi connectivity index (χ2n) is 7.45. The number of carbonyl (C=O) groups excluding carboxylic acids is 2. The molecule has 1 aliphatic carbocycles. The van der Waals surface area contributed by atoms with Crippen LogP contribution in [0, 0.1) is 11.3 Å². The van der Waals surface area contributed by atoms with Crippen LogP contribution in [0.25, 0.3) is 0 Å². The molecule has 28 heavy (non-hydrogen) atoms. The zero-order valence-corrected chi connectivity index (χ0v) is 16.3. The molecule has 0 unspecified atom stereocenters. The first-order valence-corrected chi connectivity index (χ1v) is 9.47. The van der Waals surface area contributed by atoms with Crippen LogP contribution in [0.3, 0.4) is 0 Å². The van der Waals surface area contributed by atoms with Crippen LogP contribution in [0.4, 0.5) is 5.69 Å². The summed E-state index contributed by atoms with van der Waals surface area (Å²) >= 11 is 0. The van der Waals surface area contributed by atoms with Crippen molar-refractivity contribution in [3.8, 4) is 6.07 Å². The van der Waals surface area contributed by atoms with E-state index in [9.17, 15) is 14.9 Å². The molecule has 0 bridgehead atoms. The predicted octanol–water partition coefficient (Wildman–Crippen LogP) is 1.78. The lowest BCUT2D eigenvalue weighted by Gasteiger charge is -2.45. The van der Waals surface area contributed by atoms with Crippen molar-refractivity contribution >= 4 is 17.4 Å². The number of allylic oxidation sites excluding steroid dienone is 1. The molecule has 0 fully saturated rings. The molecule has 2 heterocycles. The van der Waals surface area contributed by atoms with Gasteiger partial charge in [-0.15, -0.1) is 0 Å². The number of nitriles is 1. The first-order chi connectivity index (χ1) is 13.4.